The molecule has 3 aromatic heterocycles. The fourth-order valence-electron chi connectivity index (χ4n) is 4.60. The quantitative estimate of drug-likeness (QED) is 0.700. The Labute approximate surface area is 175 Å². The summed E-state index contributed by atoms with van der Waals surface area (Å²) in [6.45, 7) is 6.20. The number of hydrogen-bond acceptors (Lipinski definition) is 6. The number of ether oxygens (including phenoxy) is 1. The maximum absolute atomic E-state index is 9.54. The summed E-state index contributed by atoms with van der Waals surface area (Å²) in [5.41, 5.74) is 4.03. The maximum atomic E-state index is 9.54. The molecule has 2 aliphatic rings. The highest BCUT2D eigenvalue weighted by Crippen LogP contribution is 2.36. The second-order valence-corrected chi connectivity index (χ2v) is 8.52. The van der Waals surface area contributed by atoms with E-state index in [1.165, 1.54) is 19.3 Å². The van der Waals surface area contributed by atoms with Crippen molar-refractivity contribution >= 4 is 5.52 Å². The van der Waals surface area contributed by atoms with Gasteiger partial charge in [0.1, 0.15) is 28.6 Å². The number of hydrogen-bond donors (Lipinski definition) is 1. The van der Waals surface area contributed by atoms with Crippen LogP contribution in [0, 0.1) is 24.2 Å². The molecule has 1 unspecified atom stereocenters. The van der Waals surface area contributed by atoms with E-state index in [4.69, 9.17) is 4.74 Å². The van der Waals surface area contributed by atoms with E-state index < -0.39 is 0 Å². The Morgan fingerprint density at radius 1 is 1.27 bits per heavy atom. The van der Waals surface area contributed by atoms with Crippen LogP contribution < -0.4 is 10.1 Å². The summed E-state index contributed by atoms with van der Waals surface area (Å²) >= 11 is 0. The standard InChI is InChI=1S/C22H27N7O/c1-14-21(26-27-29(14)19-6-8-24-9-7-19)17-10-20(30-15(2)16-4-3-5-16)22-18(11-23)12-25-28(22)13-17/h10,12-13,15-16,19,24H,3-9H2,1-2H3. The van der Waals surface area contributed by atoms with E-state index in [9.17, 15) is 5.26 Å². The Kier molecular flexibility index (Phi) is 4.91. The first-order valence-corrected chi connectivity index (χ1v) is 10.9. The molecular weight excluding hydrogens is 378 g/mol. The maximum Gasteiger partial charge on any atom is 0.147 e. The topological polar surface area (TPSA) is 93.1 Å². The highest BCUT2D eigenvalue weighted by molar-refractivity contribution is 5.74. The predicted octanol–water partition coefficient (Wildman–Crippen LogP) is 3.26. The largest absolute Gasteiger partial charge is 0.488 e. The molecule has 3 aromatic rings. The zero-order valence-electron chi connectivity index (χ0n) is 17.5. The van der Waals surface area contributed by atoms with Crippen molar-refractivity contribution in [2.24, 2.45) is 5.92 Å². The molecule has 1 N–H and O–H groups in total. The number of rotatable bonds is 5. The lowest BCUT2D eigenvalue weighted by molar-refractivity contribution is 0.1000. The molecule has 1 atom stereocenters. The Balaban J connectivity index is 1.55. The van der Waals surface area contributed by atoms with Crippen LogP contribution in [0.25, 0.3) is 16.8 Å². The molecule has 8 heteroatoms. The van der Waals surface area contributed by atoms with Crippen LogP contribution in [0.15, 0.2) is 18.5 Å². The molecule has 1 aliphatic carbocycles. The summed E-state index contributed by atoms with van der Waals surface area (Å²) in [6, 6.07) is 4.61. The minimum Gasteiger partial charge on any atom is -0.488 e. The molecule has 0 radical (unpaired) electrons. The van der Waals surface area contributed by atoms with Gasteiger partial charge in [-0.25, -0.2) is 9.20 Å². The molecule has 4 heterocycles. The lowest BCUT2D eigenvalue weighted by Crippen LogP contribution is -2.30. The van der Waals surface area contributed by atoms with Crippen molar-refractivity contribution in [1.29, 1.82) is 5.26 Å². The summed E-state index contributed by atoms with van der Waals surface area (Å²) < 4.78 is 10.2. The van der Waals surface area contributed by atoms with Crippen LogP contribution in [-0.2, 0) is 0 Å². The number of piperidine rings is 1. The van der Waals surface area contributed by atoms with Crippen molar-refractivity contribution in [1.82, 2.24) is 29.9 Å². The first kappa shape index (κ1) is 19.1. The first-order valence-electron chi connectivity index (χ1n) is 10.9. The molecule has 1 saturated heterocycles. The van der Waals surface area contributed by atoms with Crippen molar-refractivity contribution < 1.29 is 4.74 Å². The van der Waals surface area contributed by atoms with Crippen LogP contribution in [0.2, 0.25) is 0 Å². The van der Waals surface area contributed by atoms with Gasteiger partial charge >= 0.3 is 0 Å². The SMILES string of the molecule is Cc1c(-c2cc(OC(C)C3CCC3)c3c(C#N)cnn3c2)nnn1C1CCNCC1. The van der Waals surface area contributed by atoms with Crippen molar-refractivity contribution in [3.63, 3.8) is 0 Å². The summed E-state index contributed by atoms with van der Waals surface area (Å²) in [5, 5.41) is 26.3. The van der Waals surface area contributed by atoms with Crippen molar-refractivity contribution in [2.75, 3.05) is 13.1 Å². The van der Waals surface area contributed by atoms with Gasteiger partial charge in [-0.3, -0.25) is 0 Å². The van der Waals surface area contributed by atoms with Crippen LogP contribution in [0.3, 0.4) is 0 Å². The Morgan fingerprint density at radius 3 is 2.77 bits per heavy atom. The Bertz CT molecular complexity index is 1100. The van der Waals surface area contributed by atoms with E-state index in [1.807, 2.05) is 12.3 Å². The second-order valence-electron chi connectivity index (χ2n) is 8.52. The summed E-state index contributed by atoms with van der Waals surface area (Å²) in [7, 11) is 0. The molecule has 0 bridgehead atoms. The number of nitrogens with one attached hydrogen (secondary N) is 1. The zero-order valence-corrected chi connectivity index (χ0v) is 17.5. The van der Waals surface area contributed by atoms with Crippen LogP contribution in [0.4, 0.5) is 0 Å². The fourth-order valence-corrected chi connectivity index (χ4v) is 4.60. The van der Waals surface area contributed by atoms with Gasteiger partial charge in [0.2, 0.25) is 0 Å². The van der Waals surface area contributed by atoms with E-state index in [1.54, 1.807) is 10.7 Å². The first-order chi connectivity index (χ1) is 14.7. The molecule has 0 aromatic carbocycles. The van der Waals surface area contributed by atoms with Gasteiger partial charge in [-0.15, -0.1) is 5.10 Å². The molecule has 8 nitrogen and oxygen atoms in total. The smallest absolute Gasteiger partial charge is 0.147 e. The van der Waals surface area contributed by atoms with Gasteiger partial charge < -0.3 is 10.1 Å². The van der Waals surface area contributed by atoms with E-state index >= 15 is 0 Å². The zero-order chi connectivity index (χ0) is 20.7. The average molecular weight is 406 g/mol. The molecule has 1 saturated carbocycles. The number of fused-ring (bicyclic) bond motifs is 1. The molecule has 1 aliphatic heterocycles. The predicted molar refractivity (Wildman–Crippen MR) is 112 cm³/mol. The summed E-state index contributed by atoms with van der Waals surface area (Å²) in [4.78, 5) is 0. The van der Waals surface area contributed by atoms with E-state index in [0.29, 0.717) is 23.3 Å². The lowest BCUT2D eigenvalue weighted by atomic mass is 9.82. The third kappa shape index (κ3) is 3.23. The van der Waals surface area contributed by atoms with Crippen molar-refractivity contribution in [2.45, 2.75) is 58.1 Å². The van der Waals surface area contributed by atoms with Gasteiger partial charge in [-0.05, 0) is 64.6 Å². The van der Waals surface area contributed by atoms with Gasteiger partial charge in [0.25, 0.3) is 0 Å². The van der Waals surface area contributed by atoms with Crippen LogP contribution in [-0.4, -0.2) is 43.8 Å². The average Bonchev–Trinajstić information content (AvgIpc) is 3.30. The highest BCUT2D eigenvalue weighted by atomic mass is 16.5. The third-order valence-electron chi connectivity index (χ3n) is 6.68. The van der Waals surface area contributed by atoms with E-state index in [2.05, 4.69) is 45.3 Å². The number of nitriles is 1. The summed E-state index contributed by atoms with van der Waals surface area (Å²) in [6.07, 6.45) is 9.39. The minimum atomic E-state index is 0.103. The molecule has 156 valence electrons. The Morgan fingerprint density at radius 2 is 2.07 bits per heavy atom. The van der Waals surface area contributed by atoms with Crippen molar-refractivity contribution in [3.05, 3.63) is 29.7 Å². The van der Waals surface area contributed by atoms with Gasteiger partial charge in [-0.2, -0.15) is 10.4 Å². The number of nitrogens with zero attached hydrogens (tertiary/aromatic N) is 6. The van der Waals surface area contributed by atoms with Gasteiger partial charge in [-0.1, -0.05) is 11.6 Å². The van der Waals surface area contributed by atoms with Gasteiger partial charge in [0, 0.05) is 11.8 Å². The fraction of sp³-hybridized carbons (Fsp3) is 0.545. The second kappa shape index (κ2) is 7.73. The Hall–Kier alpha value is -2.92. The number of pyridine rings is 1. The van der Waals surface area contributed by atoms with Crippen molar-refractivity contribution in [3.8, 4) is 23.1 Å². The molecule has 5 rings (SSSR count). The van der Waals surface area contributed by atoms with Crippen LogP contribution >= 0.6 is 0 Å². The molecule has 0 spiro atoms. The molecular formula is C22H27N7O. The monoisotopic (exact) mass is 405 g/mol. The molecule has 0 amide bonds. The van der Waals surface area contributed by atoms with E-state index in [0.717, 1.165) is 48.4 Å². The molecule has 30 heavy (non-hydrogen) atoms. The summed E-state index contributed by atoms with van der Waals surface area (Å²) in [5.74, 6) is 1.27. The van der Waals surface area contributed by atoms with Crippen LogP contribution in [0.5, 0.6) is 5.75 Å². The third-order valence-corrected chi connectivity index (χ3v) is 6.68. The van der Waals surface area contributed by atoms with Crippen LogP contribution in [0.1, 0.15) is 56.3 Å². The van der Waals surface area contributed by atoms with E-state index in [-0.39, 0.29) is 6.10 Å². The normalized spacial score (nSPS) is 18.8. The highest BCUT2D eigenvalue weighted by Gasteiger charge is 2.27. The van der Waals surface area contributed by atoms with Gasteiger partial charge in [0.15, 0.2) is 0 Å². The molecule has 2 fully saturated rings. The lowest BCUT2D eigenvalue weighted by Gasteiger charge is -2.31. The van der Waals surface area contributed by atoms with Gasteiger partial charge in [0.05, 0.1) is 24.0 Å². The number of aromatic nitrogens is 5. The minimum absolute atomic E-state index is 0.103.